The number of hydrogen-bond acceptors (Lipinski definition) is 6. The van der Waals surface area contributed by atoms with Gasteiger partial charge in [0.15, 0.2) is 0 Å². The zero-order valence-electron chi connectivity index (χ0n) is 17.1. The van der Waals surface area contributed by atoms with Crippen molar-refractivity contribution in [3.8, 4) is 0 Å². The molecular formula is C22H26N6O2. The average Bonchev–Trinajstić information content (AvgIpc) is 3.60. The van der Waals surface area contributed by atoms with Crippen molar-refractivity contribution in [2.24, 2.45) is 5.41 Å². The van der Waals surface area contributed by atoms with Gasteiger partial charge in [-0.3, -0.25) is 9.89 Å². The minimum atomic E-state index is -0.375. The fraction of sp³-hybridized carbons (Fsp3) is 0.545. The molecule has 2 aliphatic carbocycles. The number of likely N-dealkylation sites (tertiary alicyclic amines) is 1. The number of anilines is 1. The summed E-state index contributed by atoms with van der Waals surface area (Å²) < 4.78 is 5.87. The molecule has 2 aromatic heterocycles. The van der Waals surface area contributed by atoms with Crippen LogP contribution in [0.5, 0.6) is 0 Å². The molecule has 156 valence electrons. The molecule has 2 saturated carbocycles. The van der Waals surface area contributed by atoms with E-state index in [9.17, 15) is 4.79 Å². The van der Waals surface area contributed by atoms with E-state index in [0.29, 0.717) is 23.2 Å². The highest BCUT2D eigenvalue weighted by molar-refractivity contribution is 5.84. The average molecular weight is 406 g/mol. The van der Waals surface area contributed by atoms with Crippen LogP contribution in [0.3, 0.4) is 0 Å². The summed E-state index contributed by atoms with van der Waals surface area (Å²) in [4.78, 5) is 14.8. The van der Waals surface area contributed by atoms with Crippen molar-refractivity contribution >= 4 is 22.8 Å². The van der Waals surface area contributed by atoms with Crippen molar-refractivity contribution in [1.29, 1.82) is 0 Å². The molecule has 1 amide bonds. The molecular weight excluding hydrogens is 380 g/mol. The quantitative estimate of drug-likeness (QED) is 0.673. The van der Waals surface area contributed by atoms with E-state index < -0.39 is 0 Å². The minimum Gasteiger partial charge on any atom is -0.408 e. The Hall–Kier alpha value is -2.90. The van der Waals surface area contributed by atoms with Crippen LogP contribution in [0.4, 0.5) is 6.01 Å². The highest BCUT2D eigenvalue weighted by atomic mass is 16.4. The molecule has 30 heavy (non-hydrogen) atoms. The fourth-order valence-corrected chi connectivity index (χ4v) is 4.95. The molecule has 2 N–H and O–H groups in total. The van der Waals surface area contributed by atoms with Gasteiger partial charge in [0.05, 0.1) is 11.7 Å². The third kappa shape index (κ3) is 3.05. The zero-order valence-corrected chi connectivity index (χ0v) is 17.1. The number of carbonyl (C=O) groups excluding carboxylic acids is 1. The second-order valence-electron chi connectivity index (χ2n) is 9.27. The van der Waals surface area contributed by atoms with Crippen LogP contribution in [0, 0.1) is 5.41 Å². The number of rotatable bonds is 5. The lowest BCUT2D eigenvalue weighted by Gasteiger charge is -2.33. The number of hydrogen-bond donors (Lipinski definition) is 2. The Balaban J connectivity index is 1.09. The van der Waals surface area contributed by atoms with Gasteiger partial charge in [0.1, 0.15) is 6.04 Å². The van der Waals surface area contributed by atoms with Gasteiger partial charge in [0.25, 0.3) is 0 Å². The van der Waals surface area contributed by atoms with Gasteiger partial charge in [-0.15, -0.1) is 5.10 Å². The normalized spacial score (nSPS) is 25.4. The minimum absolute atomic E-state index is 0.112. The lowest BCUT2D eigenvalue weighted by atomic mass is 9.93. The lowest BCUT2D eigenvalue weighted by Crippen LogP contribution is -2.45. The number of nitrogens with one attached hydrogen (secondary N) is 2. The van der Waals surface area contributed by atoms with E-state index in [1.807, 2.05) is 18.0 Å². The largest absolute Gasteiger partial charge is 0.408 e. The summed E-state index contributed by atoms with van der Waals surface area (Å²) >= 11 is 0. The Morgan fingerprint density at radius 2 is 2.07 bits per heavy atom. The molecule has 3 atom stereocenters. The molecule has 3 aliphatic rings. The monoisotopic (exact) mass is 406 g/mol. The highest BCUT2D eigenvalue weighted by Crippen LogP contribution is 2.55. The standard InChI is InChI=1S/C22H26N6O2/c1-13(20(29)28-9-7-22(5-6-22)8-10-28)24-21-27-26-19(30-21)17-11-16(17)15-4-2-3-14-12-23-25-18(14)15/h2-4,12-13,16-17H,5-11H2,1H3,(H,23,25)(H,24,27)/t13-,16-,17-/m1/s1. The Morgan fingerprint density at radius 3 is 2.87 bits per heavy atom. The molecule has 1 saturated heterocycles. The number of amides is 1. The van der Waals surface area contributed by atoms with Crippen molar-refractivity contribution in [3.63, 3.8) is 0 Å². The number of H-pyrrole nitrogens is 1. The number of aromatic amines is 1. The number of carbonyl (C=O) groups is 1. The van der Waals surface area contributed by atoms with Crippen molar-refractivity contribution < 1.29 is 9.21 Å². The van der Waals surface area contributed by atoms with Crippen LogP contribution in [0.1, 0.15) is 62.3 Å². The van der Waals surface area contributed by atoms with Gasteiger partial charge in [0.2, 0.25) is 11.8 Å². The molecule has 1 spiro atoms. The maximum absolute atomic E-state index is 12.8. The SMILES string of the molecule is C[C@@H](Nc1nnc([C@@H]2C[C@@H]2c2cccc3cn[nH]c23)o1)C(=O)N1CCC2(CC1)CC2. The second kappa shape index (κ2) is 6.55. The summed E-state index contributed by atoms with van der Waals surface area (Å²) in [5, 5.41) is 19.9. The number of benzene rings is 1. The second-order valence-corrected chi connectivity index (χ2v) is 9.27. The summed E-state index contributed by atoms with van der Waals surface area (Å²) in [6.45, 7) is 3.60. The predicted octanol–water partition coefficient (Wildman–Crippen LogP) is 3.42. The fourth-order valence-electron chi connectivity index (χ4n) is 4.95. The molecule has 0 bridgehead atoms. The Kier molecular flexibility index (Phi) is 3.91. The molecule has 3 fully saturated rings. The van der Waals surface area contributed by atoms with E-state index in [0.717, 1.165) is 43.3 Å². The molecule has 0 unspecified atom stereocenters. The van der Waals surface area contributed by atoms with Crippen molar-refractivity contribution in [3.05, 3.63) is 35.9 Å². The molecule has 3 aromatic rings. The molecule has 6 rings (SSSR count). The van der Waals surface area contributed by atoms with Crippen LogP contribution >= 0.6 is 0 Å². The van der Waals surface area contributed by atoms with Crippen LogP contribution in [0.25, 0.3) is 10.9 Å². The number of aromatic nitrogens is 4. The topological polar surface area (TPSA) is 99.9 Å². The van der Waals surface area contributed by atoms with Gasteiger partial charge >= 0.3 is 6.01 Å². The summed E-state index contributed by atoms with van der Waals surface area (Å²) in [6.07, 6.45) is 7.78. The van der Waals surface area contributed by atoms with Crippen LogP contribution in [-0.4, -0.2) is 50.3 Å². The third-order valence-corrected chi connectivity index (χ3v) is 7.26. The van der Waals surface area contributed by atoms with Gasteiger partial charge in [-0.25, -0.2) is 0 Å². The molecule has 1 aromatic carbocycles. The van der Waals surface area contributed by atoms with Crippen molar-refractivity contribution in [2.45, 2.75) is 56.9 Å². The van der Waals surface area contributed by atoms with E-state index in [1.165, 1.54) is 18.4 Å². The van der Waals surface area contributed by atoms with Crippen molar-refractivity contribution in [1.82, 2.24) is 25.3 Å². The molecule has 1 aliphatic heterocycles. The van der Waals surface area contributed by atoms with E-state index in [-0.39, 0.29) is 17.9 Å². The number of para-hydroxylation sites is 1. The molecule has 8 heteroatoms. The first-order valence-electron chi connectivity index (χ1n) is 10.9. The first-order chi connectivity index (χ1) is 14.6. The first-order valence-corrected chi connectivity index (χ1v) is 10.9. The van der Waals surface area contributed by atoms with Crippen molar-refractivity contribution in [2.75, 3.05) is 18.4 Å². The van der Waals surface area contributed by atoms with Gasteiger partial charge < -0.3 is 14.6 Å². The van der Waals surface area contributed by atoms with Gasteiger partial charge in [-0.05, 0) is 55.9 Å². The lowest BCUT2D eigenvalue weighted by molar-refractivity contribution is -0.133. The number of piperidine rings is 1. The van der Waals surface area contributed by atoms with Crippen LogP contribution in [0.2, 0.25) is 0 Å². The molecule has 0 radical (unpaired) electrons. The third-order valence-electron chi connectivity index (χ3n) is 7.26. The van der Waals surface area contributed by atoms with E-state index in [1.54, 1.807) is 0 Å². The summed E-state index contributed by atoms with van der Waals surface area (Å²) in [7, 11) is 0. The predicted molar refractivity (Wildman–Crippen MR) is 111 cm³/mol. The number of fused-ring (bicyclic) bond motifs is 1. The summed E-state index contributed by atoms with van der Waals surface area (Å²) in [5.41, 5.74) is 2.89. The van der Waals surface area contributed by atoms with E-state index in [4.69, 9.17) is 4.42 Å². The summed E-state index contributed by atoms with van der Waals surface area (Å²) in [6, 6.07) is 6.19. The summed E-state index contributed by atoms with van der Waals surface area (Å²) in [5.74, 6) is 1.31. The Morgan fingerprint density at radius 1 is 1.23 bits per heavy atom. The zero-order chi connectivity index (χ0) is 20.3. The maximum atomic E-state index is 12.8. The van der Waals surface area contributed by atoms with Gasteiger partial charge in [-0.2, -0.15) is 5.10 Å². The Labute approximate surface area is 174 Å². The molecule has 3 heterocycles. The number of nitrogens with zero attached hydrogens (tertiary/aromatic N) is 4. The van der Waals surface area contributed by atoms with Gasteiger partial charge in [-0.1, -0.05) is 23.3 Å². The molecule has 8 nitrogen and oxygen atoms in total. The van der Waals surface area contributed by atoms with Crippen LogP contribution in [0.15, 0.2) is 28.8 Å². The highest BCUT2D eigenvalue weighted by Gasteiger charge is 2.46. The van der Waals surface area contributed by atoms with E-state index >= 15 is 0 Å². The first kappa shape index (κ1) is 17.9. The van der Waals surface area contributed by atoms with E-state index in [2.05, 4.69) is 43.9 Å². The smallest absolute Gasteiger partial charge is 0.316 e. The van der Waals surface area contributed by atoms with Crippen LogP contribution < -0.4 is 5.32 Å². The van der Waals surface area contributed by atoms with Gasteiger partial charge in [0, 0.05) is 24.4 Å². The van der Waals surface area contributed by atoms with Crippen LogP contribution in [-0.2, 0) is 4.79 Å². The maximum Gasteiger partial charge on any atom is 0.316 e. The Bertz CT molecular complexity index is 1090.